The Morgan fingerprint density at radius 2 is 1.81 bits per heavy atom. The first-order chi connectivity index (χ1) is 9.85. The molecule has 21 heavy (non-hydrogen) atoms. The number of aryl methyl sites for hydroxylation is 1. The summed E-state index contributed by atoms with van der Waals surface area (Å²) in [7, 11) is 0. The third-order valence-electron chi connectivity index (χ3n) is 3.77. The van der Waals surface area contributed by atoms with Gasteiger partial charge in [0, 0.05) is 41.4 Å². The molecule has 1 heterocycles. The molecule has 1 aromatic heterocycles. The van der Waals surface area contributed by atoms with Crippen LogP contribution in [0.1, 0.15) is 12.5 Å². The third-order valence-corrected chi connectivity index (χ3v) is 3.77. The van der Waals surface area contributed by atoms with E-state index in [9.17, 15) is 0 Å². The number of aliphatic hydroxyl groups is 1. The molecular weight excluding hydrogens is 284 g/mol. The Morgan fingerprint density at radius 3 is 2.57 bits per heavy atom. The molecular formula is C17H21ClN2O. The Morgan fingerprint density at radius 1 is 1.05 bits per heavy atom. The Hall–Kier alpha value is -1.55. The highest BCUT2D eigenvalue weighted by Crippen LogP contribution is 2.29. The quantitative estimate of drug-likeness (QED) is 0.710. The maximum atomic E-state index is 8.83. The van der Waals surface area contributed by atoms with E-state index in [1.165, 1.54) is 27.4 Å². The smallest absolute Gasteiger partial charge is 0.0556 e. The number of fused-ring (bicyclic) bond motifs is 3. The van der Waals surface area contributed by atoms with Gasteiger partial charge in [-0.05, 0) is 30.7 Å². The zero-order valence-electron chi connectivity index (χ0n) is 12.2. The summed E-state index contributed by atoms with van der Waals surface area (Å²) in [6, 6.07) is 15.2. The monoisotopic (exact) mass is 304 g/mol. The number of nitrogens with one attached hydrogen (secondary N) is 1. The van der Waals surface area contributed by atoms with Gasteiger partial charge in [-0.15, -0.1) is 12.4 Å². The van der Waals surface area contributed by atoms with Crippen molar-refractivity contribution in [3.8, 4) is 0 Å². The minimum atomic E-state index is 0. The SMILES string of the molecule is CCn1c2ccccc2c2cc(CNCCO)ccc21.Cl. The molecule has 112 valence electrons. The molecule has 0 aliphatic rings. The van der Waals surface area contributed by atoms with Gasteiger partial charge in [-0.1, -0.05) is 24.3 Å². The van der Waals surface area contributed by atoms with Gasteiger partial charge in [0.2, 0.25) is 0 Å². The van der Waals surface area contributed by atoms with E-state index in [-0.39, 0.29) is 19.0 Å². The van der Waals surface area contributed by atoms with Gasteiger partial charge in [0.1, 0.15) is 0 Å². The van der Waals surface area contributed by atoms with Crippen molar-refractivity contribution in [3.63, 3.8) is 0 Å². The molecule has 0 atom stereocenters. The number of nitrogens with zero attached hydrogens (tertiary/aromatic N) is 1. The van der Waals surface area contributed by atoms with Gasteiger partial charge in [-0.25, -0.2) is 0 Å². The second-order valence-corrected chi connectivity index (χ2v) is 5.01. The van der Waals surface area contributed by atoms with Crippen LogP contribution in [0.5, 0.6) is 0 Å². The summed E-state index contributed by atoms with van der Waals surface area (Å²) in [6.07, 6.45) is 0. The number of halogens is 1. The van der Waals surface area contributed by atoms with Gasteiger partial charge in [0.15, 0.2) is 0 Å². The van der Waals surface area contributed by atoms with Crippen LogP contribution in [0.2, 0.25) is 0 Å². The second-order valence-electron chi connectivity index (χ2n) is 5.01. The van der Waals surface area contributed by atoms with Crippen LogP contribution in [-0.2, 0) is 13.1 Å². The summed E-state index contributed by atoms with van der Waals surface area (Å²) in [5, 5.41) is 14.7. The highest BCUT2D eigenvalue weighted by Gasteiger charge is 2.09. The molecule has 3 nitrogen and oxygen atoms in total. The first-order valence-electron chi connectivity index (χ1n) is 7.16. The van der Waals surface area contributed by atoms with Gasteiger partial charge in [-0.3, -0.25) is 0 Å². The predicted molar refractivity (Wildman–Crippen MR) is 91.2 cm³/mol. The minimum absolute atomic E-state index is 0. The molecule has 0 bridgehead atoms. The van der Waals surface area contributed by atoms with Crippen LogP contribution < -0.4 is 5.32 Å². The normalized spacial score (nSPS) is 11.0. The maximum absolute atomic E-state index is 8.83. The first-order valence-corrected chi connectivity index (χ1v) is 7.16. The van der Waals surface area contributed by atoms with Crippen LogP contribution in [0, 0.1) is 0 Å². The highest BCUT2D eigenvalue weighted by atomic mass is 35.5. The van der Waals surface area contributed by atoms with Crippen LogP contribution in [0.4, 0.5) is 0 Å². The van der Waals surface area contributed by atoms with Gasteiger partial charge < -0.3 is 15.0 Å². The van der Waals surface area contributed by atoms with Crippen molar-refractivity contribution in [1.82, 2.24) is 9.88 Å². The number of aliphatic hydroxyl groups excluding tert-OH is 1. The van der Waals surface area contributed by atoms with Crippen molar-refractivity contribution in [1.29, 1.82) is 0 Å². The molecule has 3 aromatic rings. The highest BCUT2D eigenvalue weighted by molar-refractivity contribution is 6.08. The van der Waals surface area contributed by atoms with Crippen LogP contribution in [-0.4, -0.2) is 22.8 Å². The van der Waals surface area contributed by atoms with Gasteiger partial charge in [0.05, 0.1) is 6.61 Å². The average Bonchev–Trinajstić information content (AvgIpc) is 2.81. The fourth-order valence-corrected chi connectivity index (χ4v) is 2.86. The summed E-state index contributed by atoms with van der Waals surface area (Å²) in [6.45, 7) is 4.77. The van der Waals surface area contributed by atoms with E-state index in [4.69, 9.17) is 5.11 Å². The number of rotatable bonds is 5. The largest absolute Gasteiger partial charge is 0.395 e. The lowest BCUT2D eigenvalue weighted by atomic mass is 10.1. The fourth-order valence-electron chi connectivity index (χ4n) is 2.86. The predicted octanol–water partition coefficient (Wildman–Crippen LogP) is 3.32. The lowest BCUT2D eigenvalue weighted by molar-refractivity contribution is 0.292. The van der Waals surface area contributed by atoms with Gasteiger partial charge in [-0.2, -0.15) is 0 Å². The zero-order chi connectivity index (χ0) is 13.9. The maximum Gasteiger partial charge on any atom is 0.0556 e. The van der Waals surface area contributed by atoms with Crippen LogP contribution in [0.3, 0.4) is 0 Å². The van der Waals surface area contributed by atoms with Crippen LogP contribution >= 0.6 is 12.4 Å². The molecule has 0 amide bonds. The number of hydrogen-bond acceptors (Lipinski definition) is 2. The molecule has 0 unspecified atom stereocenters. The fraction of sp³-hybridized carbons (Fsp3) is 0.294. The van der Waals surface area contributed by atoms with E-state index in [0.29, 0.717) is 6.54 Å². The van der Waals surface area contributed by atoms with Gasteiger partial charge in [0.25, 0.3) is 0 Å². The van der Waals surface area contributed by atoms with Crippen LogP contribution in [0.15, 0.2) is 42.5 Å². The van der Waals surface area contributed by atoms with E-state index >= 15 is 0 Å². The Labute approximate surface area is 131 Å². The summed E-state index contributed by atoms with van der Waals surface area (Å²) in [5.74, 6) is 0. The number of benzene rings is 2. The van der Waals surface area contributed by atoms with Gasteiger partial charge >= 0.3 is 0 Å². The lowest BCUT2D eigenvalue weighted by Gasteiger charge is -2.05. The standard InChI is InChI=1S/C17H20N2O.ClH/c1-2-19-16-6-4-3-5-14(16)15-11-13(7-8-17(15)19)12-18-9-10-20;/h3-8,11,18,20H,2,9-10,12H2,1H3;1H. The molecule has 0 saturated heterocycles. The Kier molecular flexibility index (Phi) is 5.23. The van der Waals surface area contributed by atoms with Crippen molar-refractivity contribution >= 4 is 34.2 Å². The molecule has 0 aliphatic heterocycles. The number of aromatic nitrogens is 1. The van der Waals surface area contributed by atoms with Crippen molar-refractivity contribution in [2.24, 2.45) is 0 Å². The van der Waals surface area contributed by atoms with E-state index in [1.807, 2.05) is 0 Å². The minimum Gasteiger partial charge on any atom is -0.395 e. The zero-order valence-corrected chi connectivity index (χ0v) is 13.0. The van der Waals surface area contributed by atoms with E-state index in [0.717, 1.165) is 13.1 Å². The Balaban J connectivity index is 0.00000161. The molecule has 0 fully saturated rings. The van der Waals surface area contributed by atoms with Crippen molar-refractivity contribution in [3.05, 3.63) is 48.0 Å². The molecule has 0 spiro atoms. The number of para-hydroxylation sites is 1. The Bertz CT molecular complexity index is 736. The lowest BCUT2D eigenvalue weighted by Crippen LogP contribution is -2.17. The van der Waals surface area contributed by atoms with E-state index < -0.39 is 0 Å². The van der Waals surface area contributed by atoms with Crippen molar-refractivity contribution in [2.45, 2.75) is 20.0 Å². The molecule has 0 aliphatic carbocycles. The van der Waals surface area contributed by atoms with Crippen LogP contribution in [0.25, 0.3) is 21.8 Å². The summed E-state index contributed by atoms with van der Waals surface area (Å²) < 4.78 is 2.36. The number of hydrogen-bond donors (Lipinski definition) is 2. The molecule has 3 rings (SSSR count). The summed E-state index contributed by atoms with van der Waals surface area (Å²) in [4.78, 5) is 0. The summed E-state index contributed by atoms with van der Waals surface area (Å²) >= 11 is 0. The molecule has 0 radical (unpaired) electrons. The topological polar surface area (TPSA) is 37.2 Å². The first kappa shape index (κ1) is 15.8. The second kappa shape index (κ2) is 6.94. The molecule has 0 saturated carbocycles. The molecule has 4 heteroatoms. The van der Waals surface area contributed by atoms with E-state index in [2.05, 4.69) is 59.3 Å². The average molecular weight is 305 g/mol. The molecule has 2 N–H and O–H groups in total. The van der Waals surface area contributed by atoms with E-state index in [1.54, 1.807) is 0 Å². The molecule has 2 aromatic carbocycles. The summed E-state index contributed by atoms with van der Waals surface area (Å²) in [5.41, 5.74) is 3.84. The van der Waals surface area contributed by atoms with Crippen molar-refractivity contribution < 1.29 is 5.11 Å². The third kappa shape index (κ3) is 2.91. The van der Waals surface area contributed by atoms with Crippen molar-refractivity contribution in [2.75, 3.05) is 13.2 Å².